The standard InChI is InChI=1S/C16H17N3O/c1-11(12-5-3-6-13(9-12)20-2)18-15-7-4-8-16-14(15)10-17-19-16/h3-11,18H,1-2H3,(H,17,19). The molecule has 0 saturated carbocycles. The van der Waals surface area contributed by atoms with Gasteiger partial charge in [0, 0.05) is 17.1 Å². The highest BCUT2D eigenvalue weighted by atomic mass is 16.5. The maximum absolute atomic E-state index is 5.27. The van der Waals surface area contributed by atoms with Crippen molar-refractivity contribution in [3.05, 3.63) is 54.2 Å². The highest BCUT2D eigenvalue weighted by molar-refractivity contribution is 5.90. The first-order valence-corrected chi connectivity index (χ1v) is 6.60. The van der Waals surface area contributed by atoms with Crippen LogP contribution >= 0.6 is 0 Å². The number of rotatable bonds is 4. The van der Waals surface area contributed by atoms with Crippen LogP contribution < -0.4 is 10.1 Å². The number of ether oxygens (including phenoxy) is 1. The van der Waals surface area contributed by atoms with E-state index in [1.165, 1.54) is 5.56 Å². The van der Waals surface area contributed by atoms with E-state index < -0.39 is 0 Å². The number of fused-ring (bicyclic) bond motifs is 1. The van der Waals surface area contributed by atoms with Gasteiger partial charge in [-0.25, -0.2) is 0 Å². The van der Waals surface area contributed by atoms with Gasteiger partial charge in [0.05, 0.1) is 18.8 Å². The lowest BCUT2D eigenvalue weighted by Gasteiger charge is -2.17. The minimum absolute atomic E-state index is 0.186. The topological polar surface area (TPSA) is 49.9 Å². The molecule has 4 nitrogen and oxygen atoms in total. The van der Waals surface area contributed by atoms with Crippen LogP contribution in [0.25, 0.3) is 10.9 Å². The maximum atomic E-state index is 5.27. The number of aromatic amines is 1. The second-order valence-corrected chi connectivity index (χ2v) is 4.78. The molecule has 1 unspecified atom stereocenters. The Morgan fingerprint density at radius 1 is 1.20 bits per heavy atom. The van der Waals surface area contributed by atoms with Crippen LogP contribution in [0.3, 0.4) is 0 Å². The fourth-order valence-electron chi connectivity index (χ4n) is 2.32. The van der Waals surface area contributed by atoms with E-state index in [1.807, 2.05) is 36.5 Å². The van der Waals surface area contributed by atoms with Gasteiger partial charge in [-0.1, -0.05) is 18.2 Å². The van der Waals surface area contributed by atoms with Gasteiger partial charge >= 0.3 is 0 Å². The number of nitrogens with one attached hydrogen (secondary N) is 2. The molecule has 0 aliphatic carbocycles. The van der Waals surface area contributed by atoms with Gasteiger partial charge in [-0.3, -0.25) is 5.10 Å². The molecule has 1 heterocycles. The number of anilines is 1. The third-order valence-corrected chi connectivity index (χ3v) is 3.45. The van der Waals surface area contributed by atoms with Gasteiger partial charge in [-0.15, -0.1) is 0 Å². The molecular formula is C16H17N3O. The summed E-state index contributed by atoms with van der Waals surface area (Å²) in [6.07, 6.45) is 1.84. The molecule has 2 aromatic carbocycles. The van der Waals surface area contributed by atoms with Crippen molar-refractivity contribution in [1.82, 2.24) is 10.2 Å². The third-order valence-electron chi connectivity index (χ3n) is 3.45. The number of methoxy groups -OCH3 is 1. The van der Waals surface area contributed by atoms with Gasteiger partial charge in [0.1, 0.15) is 5.75 Å². The van der Waals surface area contributed by atoms with Crippen LogP contribution in [0, 0.1) is 0 Å². The molecule has 0 bridgehead atoms. The van der Waals surface area contributed by atoms with Crippen LogP contribution in [-0.4, -0.2) is 17.3 Å². The molecule has 102 valence electrons. The van der Waals surface area contributed by atoms with Crippen molar-refractivity contribution in [3.63, 3.8) is 0 Å². The maximum Gasteiger partial charge on any atom is 0.119 e. The predicted molar refractivity (Wildman–Crippen MR) is 81.1 cm³/mol. The second kappa shape index (κ2) is 5.25. The summed E-state index contributed by atoms with van der Waals surface area (Å²) in [5.41, 5.74) is 3.30. The fraction of sp³-hybridized carbons (Fsp3) is 0.188. The zero-order valence-electron chi connectivity index (χ0n) is 11.6. The Kier molecular flexibility index (Phi) is 3.29. The number of hydrogen-bond acceptors (Lipinski definition) is 3. The van der Waals surface area contributed by atoms with E-state index in [0.29, 0.717) is 0 Å². The molecule has 4 heteroatoms. The van der Waals surface area contributed by atoms with Crippen LogP contribution in [0.5, 0.6) is 5.75 Å². The molecule has 0 radical (unpaired) electrons. The van der Waals surface area contributed by atoms with E-state index in [-0.39, 0.29) is 6.04 Å². The Balaban J connectivity index is 1.88. The van der Waals surface area contributed by atoms with Crippen molar-refractivity contribution in [2.75, 3.05) is 12.4 Å². The zero-order chi connectivity index (χ0) is 13.9. The molecule has 1 aromatic heterocycles. The Morgan fingerprint density at radius 2 is 2.05 bits per heavy atom. The van der Waals surface area contributed by atoms with Crippen LogP contribution in [0.1, 0.15) is 18.5 Å². The van der Waals surface area contributed by atoms with Crippen molar-refractivity contribution in [2.24, 2.45) is 0 Å². The smallest absolute Gasteiger partial charge is 0.119 e. The van der Waals surface area contributed by atoms with Crippen LogP contribution in [0.4, 0.5) is 5.69 Å². The van der Waals surface area contributed by atoms with Gasteiger partial charge in [0.2, 0.25) is 0 Å². The Hall–Kier alpha value is -2.49. The van der Waals surface area contributed by atoms with Crippen molar-refractivity contribution in [1.29, 1.82) is 0 Å². The molecule has 0 aliphatic rings. The van der Waals surface area contributed by atoms with E-state index in [9.17, 15) is 0 Å². The summed E-state index contributed by atoms with van der Waals surface area (Å²) in [7, 11) is 1.68. The molecule has 0 amide bonds. The summed E-state index contributed by atoms with van der Waals surface area (Å²) >= 11 is 0. The van der Waals surface area contributed by atoms with E-state index >= 15 is 0 Å². The lowest BCUT2D eigenvalue weighted by Crippen LogP contribution is -2.06. The number of benzene rings is 2. The van der Waals surface area contributed by atoms with Gasteiger partial charge in [-0.05, 0) is 36.8 Å². The minimum atomic E-state index is 0.186. The molecule has 0 aliphatic heterocycles. The second-order valence-electron chi connectivity index (χ2n) is 4.78. The number of nitrogens with zero attached hydrogens (tertiary/aromatic N) is 1. The lowest BCUT2D eigenvalue weighted by molar-refractivity contribution is 0.414. The van der Waals surface area contributed by atoms with Gasteiger partial charge in [0.15, 0.2) is 0 Å². The van der Waals surface area contributed by atoms with Crippen molar-refractivity contribution < 1.29 is 4.74 Å². The largest absolute Gasteiger partial charge is 0.497 e. The third kappa shape index (κ3) is 2.32. The summed E-state index contributed by atoms with van der Waals surface area (Å²) in [5, 5.41) is 11.7. The summed E-state index contributed by atoms with van der Waals surface area (Å²) in [4.78, 5) is 0. The summed E-state index contributed by atoms with van der Waals surface area (Å²) in [6.45, 7) is 2.13. The van der Waals surface area contributed by atoms with Gasteiger partial charge in [0.25, 0.3) is 0 Å². The van der Waals surface area contributed by atoms with Crippen molar-refractivity contribution in [2.45, 2.75) is 13.0 Å². The average Bonchev–Trinajstić information content (AvgIpc) is 2.97. The van der Waals surface area contributed by atoms with Crippen molar-refractivity contribution in [3.8, 4) is 5.75 Å². The summed E-state index contributed by atoms with van der Waals surface area (Å²) < 4.78 is 5.27. The molecule has 3 rings (SSSR count). The average molecular weight is 267 g/mol. The predicted octanol–water partition coefficient (Wildman–Crippen LogP) is 3.74. The van der Waals surface area contributed by atoms with Gasteiger partial charge < -0.3 is 10.1 Å². The molecular weight excluding hydrogens is 250 g/mol. The van der Waals surface area contributed by atoms with Gasteiger partial charge in [-0.2, -0.15) is 5.10 Å². The first-order chi connectivity index (χ1) is 9.78. The highest BCUT2D eigenvalue weighted by Gasteiger charge is 2.09. The summed E-state index contributed by atoms with van der Waals surface area (Å²) in [5.74, 6) is 0.873. The highest BCUT2D eigenvalue weighted by Crippen LogP contribution is 2.27. The van der Waals surface area contributed by atoms with Crippen LogP contribution in [0.2, 0.25) is 0 Å². The Morgan fingerprint density at radius 3 is 2.90 bits per heavy atom. The Labute approximate surface area is 117 Å². The monoisotopic (exact) mass is 267 g/mol. The number of aromatic nitrogens is 2. The SMILES string of the molecule is COc1cccc(C(C)Nc2cccc3[nH]ncc23)c1. The molecule has 3 aromatic rings. The number of hydrogen-bond donors (Lipinski definition) is 2. The lowest BCUT2D eigenvalue weighted by atomic mass is 10.1. The van der Waals surface area contributed by atoms with E-state index in [1.54, 1.807) is 7.11 Å². The molecule has 1 atom stereocenters. The van der Waals surface area contributed by atoms with Crippen LogP contribution in [-0.2, 0) is 0 Å². The molecule has 2 N–H and O–H groups in total. The first-order valence-electron chi connectivity index (χ1n) is 6.60. The first kappa shape index (κ1) is 12.5. The van der Waals surface area contributed by atoms with Crippen molar-refractivity contribution >= 4 is 16.6 Å². The van der Waals surface area contributed by atoms with E-state index in [4.69, 9.17) is 4.74 Å². The summed E-state index contributed by atoms with van der Waals surface area (Å²) in [6, 6.07) is 14.4. The van der Waals surface area contributed by atoms with E-state index in [2.05, 4.69) is 34.6 Å². The zero-order valence-corrected chi connectivity index (χ0v) is 11.6. The van der Waals surface area contributed by atoms with Crippen LogP contribution in [0.15, 0.2) is 48.7 Å². The molecule has 0 saturated heterocycles. The molecule has 0 fully saturated rings. The van der Waals surface area contributed by atoms with E-state index in [0.717, 1.165) is 22.3 Å². The quantitative estimate of drug-likeness (QED) is 0.757. The molecule has 20 heavy (non-hydrogen) atoms. The Bertz CT molecular complexity index is 720. The normalized spacial score (nSPS) is 12.3. The fourth-order valence-corrected chi connectivity index (χ4v) is 2.32. The minimum Gasteiger partial charge on any atom is -0.497 e. The molecule has 0 spiro atoms. The number of H-pyrrole nitrogens is 1.